The van der Waals surface area contributed by atoms with Crippen molar-refractivity contribution < 1.29 is 9.32 Å². The van der Waals surface area contributed by atoms with Gasteiger partial charge in [-0.3, -0.25) is 0 Å². The Balaban J connectivity index is 1.78. The van der Waals surface area contributed by atoms with Crippen LogP contribution in [0.1, 0.15) is 24.2 Å². The molecule has 1 aromatic carbocycles. The van der Waals surface area contributed by atoms with Crippen LogP contribution in [-0.2, 0) is 19.4 Å². The van der Waals surface area contributed by atoms with Crippen molar-refractivity contribution in [2.24, 2.45) is 0 Å². The van der Waals surface area contributed by atoms with Crippen LogP contribution in [0.2, 0.25) is 0 Å². The van der Waals surface area contributed by atoms with Crippen molar-refractivity contribution in [3.63, 3.8) is 0 Å². The quantitative estimate of drug-likeness (QED) is 0.788. The lowest BCUT2D eigenvalue weighted by atomic mass is 10.2. The molecule has 1 aromatic heterocycles. The zero-order chi connectivity index (χ0) is 16.7. The van der Waals surface area contributed by atoms with Gasteiger partial charge in [0.25, 0.3) is 0 Å². The standard InChI is InChI=1S/C16H22N4O2S/c1-4-15-18-14(19-22-15)8-9-17-16(21)20(2)11-12-6-5-7-13(10-12)23-3/h5-7,10H,4,8-9,11H2,1-3H3,(H,17,21). The van der Waals surface area contributed by atoms with Crippen LogP contribution in [0, 0.1) is 0 Å². The third kappa shape index (κ3) is 5.28. The lowest BCUT2D eigenvalue weighted by molar-refractivity contribution is 0.207. The van der Waals surface area contributed by atoms with Crippen LogP contribution >= 0.6 is 11.8 Å². The second kappa shape index (κ2) is 8.57. The van der Waals surface area contributed by atoms with Crippen LogP contribution in [0.4, 0.5) is 4.79 Å². The van der Waals surface area contributed by atoms with Gasteiger partial charge in [0.2, 0.25) is 5.89 Å². The van der Waals surface area contributed by atoms with Gasteiger partial charge in [-0.2, -0.15) is 4.98 Å². The van der Waals surface area contributed by atoms with Crippen LogP contribution in [-0.4, -0.2) is 40.9 Å². The summed E-state index contributed by atoms with van der Waals surface area (Å²) in [4.78, 5) is 19.2. The summed E-state index contributed by atoms with van der Waals surface area (Å²) in [6, 6.07) is 8.08. The van der Waals surface area contributed by atoms with E-state index in [-0.39, 0.29) is 6.03 Å². The number of hydrogen-bond donors (Lipinski definition) is 1. The molecule has 0 radical (unpaired) electrons. The summed E-state index contributed by atoms with van der Waals surface area (Å²) in [7, 11) is 1.78. The molecule has 0 aliphatic heterocycles. The maximum absolute atomic E-state index is 12.1. The molecule has 2 amide bonds. The number of benzene rings is 1. The summed E-state index contributed by atoms with van der Waals surface area (Å²) in [5.74, 6) is 1.24. The fourth-order valence-corrected chi connectivity index (χ4v) is 2.55. The van der Waals surface area contributed by atoms with E-state index in [2.05, 4.69) is 27.6 Å². The smallest absolute Gasteiger partial charge is 0.317 e. The summed E-state index contributed by atoms with van der Waals surface area (Å²) in [5.41, 5.74) is 1.11. The van der Waals surface area contributed by atoms with E-state index in [0.717, 1.165) is 12.0 Å². The summed E-state index contributed by atoms with van der Waals surface area (Å²) < 4.78 is 5.03. The molecule has 2 rings (SSSR count). The largest absolute Gasteiger partial charge is 0.339 e. The number of rotatable bonds is 7. The van der Waals surface area contributed by atoms with Gasteiger partial charge in [-0.25, -0.2) is 4.79 Å². The average molecular weight is 334 g/mol. The fraction of sp³-hybridized carbons (Fsp3) is 0.438. The Bertz CT molecular complexity index is 645. The second-order valence-corrected chi connectivity index (χ2v) is 6.03. The molecule has 0 unspecified atom stereocenters. The highest BCUT2D eigenvalue weighted by Gasteiger charge is 2.10. The number of thioether (sulfide) groups is 1. The average Bonchev–Trinajstić information content (AvgIpc) is 3.03. The van der Waals surface area contributed by atoms with Gasteiger partial charge >= 0.3 is 6.03 Å². The van der Waals surface area contributed by atoms with Gasteiger partial charge in [-0.05, 0) is 24.0 Å². The van der Waals surface area contributed by atoms with Gasteiger partial charge in [-0.1, -0.05) is 24.2 Å². The van der Waals surface area contributed by atoms with E-state index in [1.807, 2.05) is 25.3 Å². The van der Waals surface area contributed by atoms with E-state index in [0.29, 0.717) is 31.2 Å². The Kier molecular flexibility index (Phi) is 6.46. The topological polar surface area (TPSA) is 71.3 Å². The van der Waals surface area contributed by atoms with E-state index in [9.17, 15) is 4.79 Å². The number of carbonyl (C=O) groups excluding carboxylic acids is 1. The van der Waals surface area contributed by atoms with E-state index in [1.165, 1.54) is 4.90 Å². The number of aryl methyl sites for hydroxylation is 1. The van der Waals surface area contributed by atoms with E-state index >= 15 is 0 Å². The van der Waals surface area contributed by atoms with Crippen LogP contribution in [0.15, 0.2) is 33.7 Å². The van der Waals surface area contributed by atoms with E-state index in [1.54, 1.807) is 23.7 Å². The number of carbonyl (C=O) groups is 1. The van der Waals surface area contributed by atoms with Gasteiger partial charge in [0.1, 0.15) is 0 Å². The molecule has 1 heterocycles. The minimum atomic E-state index is -0.112. The molecule has 0 fully saturated rings. The summed E-state index contributed by atoms with van der Waals surface area (Å²) in [6.45, 7) is 3.01. The molecule has 1 N–H and O–H groups in total. The first-order chi connectivity index (χ1) is 11.1. The van der Waals surface area contributed by atoms with Gasteiger partial charge < -0.3 is 14.7 Å². The van der Waals surface area contributed by atoms with E-state index < -0.39 is 0 Å². The Morgan fingerprint density at radius 2 is 2.26 bits per heavy atom. The Morgan fingerprint density at radius 3 is 2.96 bits per heavy atom. The molecule has 0 bridgehead atoms. The van der Waals surface area contributed by atoms with Crippen molar-refractivity contribution in [2.45, 2.75) is 31.2 Å². The molecule has 0 spiro atoms. The number of hydrogen-bond acceptors (Lipinski definition) is 5. The molecule has 2 aromatic rings. The highest BCUT2D eigenvalue weighted by Crippen LogP contribution is 2.16. The summed E-state index contributed by atoms with van der Waals surface area (Å²) in [5, 5.41) is 6.73. The highest BCUT2D eigenvalue weighted by molar-refractivity contribution is 7.98. The predicted molar refractivity (Wildman–Crippen MR) is 90.5 cm³/mol. The Morgan fingerprint density at radius 1 is 1.43 bits per heavy atom. The van der Waals surface area contributed by atoms with Crippen LogP contribution in [0.3, 0.4) is 0 Å². The van der Waals surface area contributed by atoms with Crippen molar-refractivity contribution in [3.05, 3.63) is 41.5 Å². The predicted octanol–water partition coefficient (Wildman–Crippen LogP) is 2.74. The van der Waals surface area contributed by atoms with Crippen molar-refractivity contribution >= 4 is 17.8 Å². The molecule has 0 atom stereocenters. The first-order valence-electron chi connectivity index (χ1n) is 7.55. The van der Waals surface area contributed by atoms with Gasteiger partial charge in [0.05, 0.1) is 0 Å². The first-order valence-corrected chi connectivity index (χ1v) is 8.78. The van der Waals surface area contributed by atoms with E-state index in [4.69, 9.17) is 4.52 Å². The monoisotopic (exact) mass is 334 g/mol. The molecule has 124 valence electrons. The van der Waals surface area contributed by atoms with Crippen molar-refractivity contribution in [1.82, 2.24) is 20.4 Å². The maximum Gasteiger partial charge on any atom is 0.317 e. The summed E-state index contributed by atoms with van der Waals surface area (Å²) in [6.07, 6.45) is 3.32. The molecule has 23 heavy (non-hydrogen) atoms. The number of aromatic nitrogens is 2. The number of amides is 2. The van der Waals surface area contributed by atoms with Crippen molar-refractivity contribution in [2.75, 3.05) is 19.8 Å². The van der Waals surface area contributed by atoms with Gasteiger partial charge in [0.15, 0.2) is 5.82 Å². The van der Waals surface area contributed by atoms with Gasteiger partial charge in [-0.15, -0.1) is 11.8 Å². The zero-order valence-electron chi connectivity index (χ0n) is 13.7. The Hall–Kier alpha value is -2.02. The number of nitrogens with one attached hydrogen (secondary N) is 1. The minimum absolute atomic E-state index is 0.112. The third-order valence-corrected chi connectivity index (χ3v) is 4.06. The lowest BCUT2D eigenvalue weighted by Gasteiger charge is -2.18. The van der Waals surface area contributed by atoms with Crippen molar-refractivity contribution in [3.8, 4) is 0 Å². The molecule has 6 nitrogen and oxygen atoms in total. The molecule has 0 aliphatic carbocycles. The molecule has 0 aliphatic rings. The lowest BCUT2D eigenvalue weighted by Crippen LogP contribution is -2.37. The number of urea groups is 1. The number of nitrogens with zero attached hydrogens (tertiary/aromatic N) is 3. The van der Waals surface area contributed by atoms with Crippen LogP contribution < -0.4 is 5.32 Å². The Labute approximate surface area is 140 Å². The second-order valence-electron chi connectivity index (χ2n) is 5.15. The van der Waals surface area contributed by atoms with Crippen molar-refractivity contribution in [1.29, 1.82) is 0 Å². The van der Waals surface area contributed by atoms with Crippen LogP contribution in [0.25, 0.3) is 0 Å². The van der Waals surface area contributed by atoms with Gasteiger partial charge in [0, 0.05) is 37.9 Å². The normalized spacial score (nSPS) is 10.6. The minimum Gasteiger partial charge on any atom is -0.339 e. The SMILES string of the molecule is CCc1nc(CCNC(=O)N(C)Cc2cccc(SC)c2)no1. The molecule has 7 heteroatoms. The zero-order valence-corrected chi connectivity index (χ0v) is 14.5. The maximum atomic E-state index is 12.1. The highest BCUT2D eigenvalue weighted by atomic mass is 32.2. The molecular formula is C16H22N4O2S. The third-order valence-electron chi connectivity index (χ3n) is 3.34. The fourth-order valence-electron chi connectivity index (χ4n) is 2.07. The molecule has 0 saturated carbocycles. The summed E-state index contributed by atoms with van der Waals surface area (Å²) >= 11 is 1.69. The molecule has 0 saturated heterocycles. The first kappa shape index (κ1) is 17.3. The molecular weight excluding hydrogens is 312 g/mol. The van der Waals surface area contributed by atoms with Crippen LogP contribution in [0.5, 0.6) is 0 Å².